The molecular formula is C13H19FN2O. The third kappa shape index (κ3) is 2.96. The van der Waals surface area contributed by atoms with E-state index in [1.807, 2.05) is 24.1 Å². The number of anilines is 1. The van der Waals surface area contributed by atoms with Gasteiger partial charge in [-0.05, 0) is 37.6 Å². The SMILES string of the molecule is CNCc1ccc(N(CCO)C2CC2)c(F)c1. The van der Waals surface area contributed by atoms with Crippen molar-refractivity contribution in [3.63, 3.8) is 0 Å². The number of rotatable bonds is 6. The van der Waals surface area contributed by atoms with Gasteiger partial charge < -0.3 is 15.3 Å². The van der Waals surface area contributed by atoms with E-state index in [0.29, 0.717) is 24.8 Å². The summed E-state index contributed by atoms with van der Waals surface area (Å²) in [4.78, 5) is 1.97. The van der Waals surface area contributed by atoms with Gasteiger partial charge in [0.1, 0.15) is 5.82 Å². The van der Waals surface area contributed by atoms with Gasteiger partial charge in [-0.15, -0.1) is 0 Å². The highest BCUT2D eigenvalue weighted by Crippen LogP contribution is 2.33. The summed E-state index contributed by atoms with van der Waals surface area (Å²) in [6.45, 7) is 1.24. The predicted octanol–water partition coefficient (Wildman–Crippen LogP) is 1.51. The lowest BCUT2D eigenvalue weighted by Gasteiger charge is -2.24. The lowest BCUT2D eigenvalue weighted by Crippen LogP contribution is -2.29. The van der Waals surface area contributed by atoms with Crippen LogP contribution in [0.2, 0.25) is 0 Å². The van der Waals surface area contributed by atoms with Crippen LogP contribution in [0.25, 0.3) is 0 Å². The van der Waals surface area contributed by atoms with Crippen molar-refractivity contribution in [2.45, 2.75) is 25.4 Å². The van der Waals surface area contributed by atoms with Crippen molar-refractivity contribution in [2.75, 3.05) is 25.1 Å². The molecule has 1 aromatic rings. The molecule has 1 aromatic carbocycles. The summed E-state index contributed by atoms with van der Waals surface area (Å²) in [5.74, 6) is -0.196. The van der Waals surface area contributed by atoms with Gasteiger partial charge in [0.15, 0.2) is 0 Å². The van der Waals surface area contributed by atoms with Crippen LogP contribution in [0.15, 0.2) is 18.2 Å². The zero-order valence-electron chi connectivity index (χ0n) is 10.1. The van der Waals surface area contributed by atoms with Crippen LogP contribution < -0.4 is 10.2 Å². The summed E-state index contributed by atoms with van der Waals surface area (Å²) in [5, 5.41) is 12.0. The Balaban J connectivity index is 2.18. The molecule has 1 fully saturated rings. The normalized spacial score (nSPS) is 15.0. The third-order valence-electron chi connectivity index (χ3n) is 3.03. The van der Waals surface area contributed by atoms with Crippen molar-refractivity contribution in [2.24, 2.45) is 0 Å². The van der Waals surface area contributed by atoms with Gasteiger partial charge in [-0.1, -0.05) is 6.07 Å². The molecule has 2 N–H and O–H groups in total. The molecule has 3 nitrogen and oxygen atoms in total. The van der Waals surface area contributed by atoms with E-state index in [2.05, 4.69) is 5.32 Å². The highest BCUT2D eigenvalue weighted by molar-refractivity contribution is 5.51. The first-order valence-electron chi connectivity index (χ1n) is 6.06. The van der Waals surface area contributed by atoms with Gasteiger partial charge in [0, 0.05) is 19.1 Å². The number of nitrogens with one attached hydrogen (secondary N) is 1. The summed E-state index contributed by atoms with van der Waals surface area (Å²) in [6, 6.07) is 5.72. The second-order valence-electron chi connectivity index (χ2n) is 4.46. The zero-order chi connectivity index (χ0) is 12.3. The van der Waals surface area contributed by atoms with Crippen LogP contribution in [-0.4, -0.2) is 31.3 Å². The lowest BCUT2D eigenvalue weighted by atomic mass is 10.1. The fraction of sp³-hybridized carbons (Fsp3) is 0.538. The summed E-state index contributed by atoms with van der Waals surface area (Å²) < 4.78 is 14.0. The van der Waals surface area contributed by atoms with Gasteiger partial charge in [0.05, 0.1) is 12.3 Å². The van der Waals surface area contributed by atoms with Crippen LogP contribution in [0.1, 0.15) is 18.4 Å². The lowest BCUT2D eigenvalue weighted by molar-refractivity contribution is 0.301. The van der Waals surface area contributed by atoms with Crippen molar-refractivity contribution in [3.05, 3.63) is 29.6 Å². The smallest absolute Gasteiger partial charge is 0.146 e. The van der Waals surface area contributed by atoms with E-state index in [4.69, 9.17) is 5.11 Å². The van der Waals surface area contributed by atoms with Gasteiger partial charge in [-0.3, -0.25) is 0 Å². The number of nitrogens with zero attached hydrogens (tertiary/aromatic N) is 1. The first kappa shape index (κ1) is 12.3. The maximum absolute atomic E-state index is 14.0. The van der Waals surface area contributed by atoms with Crippen LogP contribution in [-0.2, 0) is 6.54 Å². The predicted molar refractivity (Wildman–Crippen MR) is 66.6 cm³/mol. The Labute approximate surface area is 101 Å². The van der Waals surface area contributed by atoms with Gasteiger partial charge in [0.2, 0.25) is 0 Å². The van der Waals surface area contributed by atoms with Crippen molar-refractivity contribution < 1.29 is 9.50 Å². The molecule has 4 heteroatoms. The Morgan fingerprint density at radius 3 is 2.76 bits per heavy atom. The molecule has 0 heterocycles. The van der Waals surface area contributed by atoms with Gasteiger partial charge in [-0.2, -0.15) is 0 Å². The fourth-order valence-electron chi connectivity index (χ4n) is 2.09. The molecular weight excluding hydrogens is 219 g/mol. The molecule has 0 radical (unpaired) electrons. The molecule has 0 aliphatic heterocycles. The molecule has 0 unspecified atom stereocenters. The van der Waals surface area contributed by atoms with E-state index in [9.17, 15) is 4.39 Å². The van der Waals surface area contributed by atoms with E-state index < -0.39 is 0 Å². The first-order chi connectivity index (χ1) is 8.26. The van der Waals surface area contributed by atoms with Crippen LogP contribution in [0, 0.1) is 5.82 Å². The number of aliphatic hydroxyl groups excluding tert-OH is 1. The monoisotopic (exact) mass is 238 g/mol. The minimum atomic E-state index is -0.196. The van der Waals surface area contributed by atoms with Gasteiger partial charge in [0.25, 0.3) is 0 Å². The minimum absolute atomic E-state index is 0.0637. The summed E-state index contributed by atoms with van der Waals surface area (Å²) in [5.41, 5.74) is 1.55. The molecule has 0 saturated heterocycles. The quantitative estimate of drug-likeness (QED) is 0.788. The van der Waals surface area contributed by atoms with E-state index in [1.54, 1.807) is 6.07 Å². The van der Waals surface area contributed by atoms with Crippen LogP contribution in [0.4, 0.5) is 10.1 Å². The second-order valence-corrected chi connectivity index (χ2v) is 4.46. The van der Waals surface area contributed by atoms with E-state index in [1.165, 1.54) is 0 Å². The molecule has 94 valence electrons. The summed E-state index contributed by atoms with van der Waals surface area (Å²) >= 11 is 0. The summed E-state index contributed by atoms with van der Waals surface area (Å²) in [7, 11) is 1.84. The average Bonchev–Trinajstić information content (AvgIpc) is 3.11. The number of halogens is 1. The topological polar surface area (TPSA) is 35.5 Å². The zero-order valence-corrected chi connectivity index (χ0v) is 10.1. The number of hydrogen-bond donors (Lipinski definition) is 2. The minimum Gasteiger partial charge on any atom is -0.395 e. The fourth-order valence-corrected chi connectivity index (χ4v) is 2.09. The molecule has 0 bridgehead atoms. The van der Waals surface area contributed by atoms with Crippen molar-refractivity contribution in [1.29, 1.82) is 0 Å². The molecule has 2 rings (SSSR count). The maximum Gasteiger partial charge on any atom is 0.146 e. The second kappa shape index (κ2) is 5.47. The maximum atomic E-state index is 14.0. The Morgan fingerprint density at radius 2 is 2.24 bits per heavy atom. The molecule has 1 saturated carbocycles. The molecule has 17 heavy (non-hydrogen) atoms. The molecule has 0 spiro atoms. The van der Waals surface area contributed by atoms with Crippen molar-refractivity contribution in [3.8, 4) is 0 Å². The van der Waals surface area contributed by atoms with Crippen LogP contribution >= 0.6 is 0 Å². The van der Waals surface area contributed by atoms with Gasteiger partial charge in [-0.25, -0.2) is 4.39 Å². The number of hydrogen-bond acceptors (Lipinski definition) is 3. The number of benzene rings is 1. The van der Waals surface area contributed by atoms with Gasteiger partial charge >= 0.3 is 0 Å². The Hall–Kier alpha value is -1.13. The van der Waals surface area contributed by atoms with Crippen molar-refractivity contribution >= 4 is 5.69 Å². The summed E-state index contributed by atoms with van der Waals surface area (Å²) in [6.07, 6.45) is 2.19. The molecule has 0 amide bonds. The molecule has 1 aliphatic carbocycles. The third-order valence-corrected chi connectivity index (χ3v) is 3.03. The van der Waals surface area contributed by atoms with Crippen molar-refractivity contribution in [1.82, 2.24) is 5.32 Å². The highest BCUT2D eigenvalue weighted by atomic mass is 19.1. The average molecular weight is 238 g/mol. The Morgan fingerprint density at radius 1 is 1.47 bits per heavy atom. The van der Waals surface area contributed by atoms with E-state index >= 15 is 0 Å². The molecule has 0 aromatic heterocycles. The van der Waals surface area contributed by atoms with E-state index in [0.717, 1.165) is 18.4 Å². The molecule has 1 aliphatic rings. The Bertz CT molecular complexity index is 380. The highest BCUT2D eigenvalue weighted by Gasteiger charge is 2.30. The van der Waals surface area contributed by atoms with E-state index in [-0.39, 0.29) is 12.4 Å². The van der Waals surface area contributed by atoms with Crippen LogP contribution in [0.3, 0.4) is 0 Å². The number of aliphatic hydroxyl groups is 1. The largest absolute Gasteiger partial charge is 0.395 e. The molecule has 0 atom stereocenters. The van der Waals surface area contributed by atoms with Crippen LogP contribution in [0.5, 0.6) is 0 Å². The first-order valence-corrected chi connectivity index (χ1v) is 6.06. The standard InChI is InChI=1S/C13H19FN2O/c1-15-9-10-2-5-13(12(14)8-10)16(6-7-17)11-3-4-11/h2,5,8,11,15,17H,3-4,6-7,9H2,1H3. The Kier molecular flexibility index (Phi) is 3.97.